The molecule has 0 saturated carbocycles. The molecule has 0 fully saturated rings. The van der Waals surface area contributed by atoms with Crippen LogP contribution in [-0.2, 0) is 0 Å². The second-order valence-corrected chi connectivity index (χ2v) is 5.06. The Morgan fingerprint density at radius 3 is 2.42 bits per heavy atom. The Kier molecular flexibility index (Phi) is 4.94. The molecule has 0 bridgehead atoms. The van der Waals surface area contributed by atoms with Gasteiger partial charge in [-0.15, -0.1) is 0 Å². The van der Waals surface area contributed by atoms with Gasteiger partial charge in [0.1, 0.15) is 12.4 Å². The van der Waals surface area contributed by atoms with Crippen molar-refractivity contribution in [2.24, 2.45) is 0 Å². The van der Waals surface area contributed by atoms with Crippen LogP contribution in [0.15, 0.2) is 42.5 Å². The van der Waals surface area contributed by atoms with E-state index in [0.29, 0.717) is 18.2 Å². The number of rotatable bonds is 5. The molecule has 0 amide bonds. The average Bonchev–Trinajstić information content (AvgIpc) is 2.40. The Labute approximate surface area is 123 Å². The number of aryl methyl sites for hydroxylation is 1. The van der Waals surface area contributed by atoms with Crippen LogP contribution in [0.4, 0.5) is 5.69 Å². The van der Waals surface area contributed by atoms with E-state index < -0.39 is 0 Å². The molecule has 100 valence electrons. The van der Waals surface area contributed by atoms with Crippen LogP contribution >= 0.6 is 23.2 Å². The summed E-state index contributed by atoms with van der Waals surface area (Å²) in [4.78, 5) is 0. The van der Waals surface area contributed by atoms with Crippen molar-refractivity contribution >= 4 is 28.9 Å². The van der Waals surface area contributed by atoms with Crippen molar-refractivity contribution < 1.29 is 4.74 Å². The summed E-state index contributed by atoms with van der Waals surface area (Å²) in [6, 6.07) is 13.1. The second kappa shape index (κ2) is 6.69. The van der Waals surface area contributed by atoms with Crippen LogP contribution in [0.25, 0.3) is 0 Å². The van der Waals surface area contributed by atoms with Crippen molar-refractivity contribution in [1.82, 2.24) is 0 Å². The summed E-state index contributed by atoms with van der Waals surface area (Å²) in [5, 5.41) is 4.74. The number of anilines is 1. The fourth-order valence-electron chi connectivity index (χ4n) is 1.67. The minimum Gasteiger partial charge on any atom is -0.492 e. The predicted octanol–water partition coefficient (Wildman–Crippen LogP) is 4.79. The van der Waals surface area contributed by atoms with E-state index in [4.69, 9.17) is 27.9 Å². The third-order valence-corrected chi connectivity index (χ3v) is 3.19. The zero-order valence-electron chi connectivity index (χ0n) is 10.6. The minimum absolute atomic E-state index is 0.577. The fourth-order valence-corrected chi connectivity index (χ4v) is 1.97. The Balaban J connectivity index is 1.80. The molecule has 2 aromatic carbocycles. The van der Waals surface area contributed by atoms with E-state index in [1.807, 2.05) is 49.4 Å². The highest BCUT2D eigenvalue weighted by Crippen LogP contribution is 2.20. The number of hydrogen-bond acceptors (Lipinski definition) is 2. The molecule has 0 aliphatic heterocycles. The van der Waals surface area contributed by atoms with Crippen LogP contribution in [0, 0.1) is 6.92 Å². The molecule has 19 heavy (non-hydrogen) atoms. The monoisotopic (exact) mass is 295 g/mol. The molecule has 0 aliphatic rings. The summed E-state index contributed by atoms with van der Waals surface area (Å²) in [5.41, 5.74) is 2.20. The van der Waals surface area contributed by atoms with Crippen molar-refractivity contribution in [3.8, 4) is 5.75 Å². The first-order valence-corrected chi connectivity index (χ1v) is 6.79. The smallest absolute Gasteiger partial charge is 0.119 e. The van der Waals surface area contributed by atoms with Gasteiger partial charge < -0.3 is 10.1 Å². The van der Waals surface area contributed by atoms with Gasteiger partial charge in [0, 0.05) is 22.3 Å². The maximum atomic E-state index is 5.96. The van der Waals surface area contributed by atoms with Gasteiger partial charge in [0.25, 0.3) is 0 Å². The summed E-state index contributed by atoms with van der Waals surface area (Å²) < 4.78 is 5.60. The third kappa shape index (κ3) is 4.34. The lowest BCUT2D eigenvalue weighted by Gasteiger charge is -2.11. The fraction of sp³-hybridized carbons (Fsp3) is 0.200. The van der Waals surface area contributed by atoms with Crippen LogP contribution in [0.2, 0.25) is 10.0 Å². The molecule has 0 aliphatic carbocycles. The molecule has 0 heterocycles. The summed E-state index contributed by atoms with van der Waals surface area (Å²) >= 11 is 11.8. The zero-order valence-corrected chi connectivity index (χ0v) is 12.1. The lowest BCUT2D eigenvalue weighted by Crippen LogP contribution is -2.12. The summed E-state index contributed by atoms with van der Waals surface area (Å²) in [6.07, 6.45) is 0. The maximum absolute atomic E-state index is 5.96. The van der Waals surface area contributed by atoms with Crippen LogP contribution in [0.5, 0.6) is 5.75 Å². The van der Waals surface area contributed by atoms with Crippen molar-refractivity contribution in [3.05, 3.63) is 58.1 Å². The molecule has 4 heteroatoms. The normalized spacial score (nSPS) is 10.3. The Bertz CT molecular complexity index is 540. The van der Waals surface area contributed by atoms with E-state index in [-0.39, 0.29) is 0 Å². The first-order chi connectivity index (χ1) is 9.15. The summed E-state index contributed by atoms with van der Waals surface area (Å²) in [5.74, 6) is 0.814. The van der Waals surface area contributed by atoms with Gasteiger partial charge in [0.15, 0.2) is 0 Å². The van der Waals surface area contributed by atoms with Crippen molar-refractivity contribution in [1.29, 1.82) is 0 Å². The second-order valence-electron chi connectivity index (χ2n) is 4.19. The van der Waals surface area contributed by atoms with Gasteiger partial charge in [0.05, 0.1) is 0 Å². The average molecular weight is 296 g/mol. The quantitative estimate of drug-likeness (QED) is 0.801. The van der Waals surface area contributed by atoms with Gasteiger partial charge in [-0.1, -0.05) is 29.3 Å². The van der Waals surface area contributed by atoms with Gasteiger partial charge in [-0.2, -0.15) is 0 Å². The highest BCUT2D eigenvalue weighted by molar-refractivity contribution is 6.31. The molecule has 2 rings (SSSR count). The molecule has 0 unspecified atom stereocenters. The Morgan fingerprint density at radius 2 is 1.68 bits per heavy atom. The van der Waals surface area contributed by atoms with E-state index >= 15 is 0 Å². The van der Waals surface area contributed by atoms with Crippen LogP contribution in [-0.4, -0.2) is 13.2 Å². The molecule has 0 radical (unpaired) electrons. The van der Waals surface area contributed by atoms with Crippen LogP contribution in [0.3, 0.4) is 0 Å². The first-order valence-electron chi connectivity index (χ1n) is 6.03. The van der Waals surface area contributed by atoms with E-state index in [2.05, 4.69) is 5.32 Å². The van der Waals surface area contributed by atoms with Gasteiger partial charge >= 0.3 is 0 Å². The van der Waals surface area contributed by atoms with E-state index in [1.54, 1.807) is 0 Å². The standard InChI is InChI=1S/C15H15Cl2NO/c1-11-2-3-13(17)10-15(11)18-8-9-19-14-6-4-12(16)5-7-14/h2-7,10,18H,8-9H2,1H3. The van der Waals surface area contributed by atoms with Crippen LogP contribution < -0.4 is 10.1 Å². The number of nitrogens with one attached hydrogen (secondary N) is 1. The SMILES string of the molecule is Cc1ccc(Cl)cc1NCCOc1ccc(Cl)cc1. The molecule has 0 atom stereocenters. The largest absolute Gasteiger partial charge is 0.492 e. The number of halogens is 2. The number of benzene rings is 2. The Morgan fingerprint density at radius 1 is 1.00 bits per heavy atom. The predicted molar refractivity (Wildman–Crippen MR) is 81.6 cm³/mol. The van der Waals surface area contributed by atoms with Gasteiger partial charge in [-0.3, -0.25) is 0 Å². The van der Waals surface area contributed by atoms with Crippen molar-refractivity contribution in [2.45, 2.75) is 6.92 Å². The molecular formula is C15H15Cl2NO. The maximum Gasteiger partial charge on any atom is 0.119 e. The highest BCUT2D eigenvalue weighted by atomic mass is 35.5. The molecule has 2 nitrogen and oxygen atoms in total. The summed E-state index contributed by atoms with van der Waals surface area (Å²) in [6.45, 7) is 3.33. The number of ether oxygens (including phenoxy) is 1. The van der Waals surface area contributed by atoms with E-state index in [0.717, 1.165) is 22.0 Å². The first kappa shape index (κ1) is 14.0. The van der Waals surface area contributed by atoms with Crippen molar-refractivity contribution in [2.75, 3.05) is 18.5 Å². The molecular weight excluding hydrogens is 281 g/mol. The van der Waals surface area contributed by atoms with E-state index in [1.165, 1.54) is 0 Å². The number of hydrogen-bond donors (Lipinski definition) is 1. The zero-order chi connectivity index (χ0) is 13.7. The lowest BCUT2D eigenvalue weighted by molar-refractivity contribution is 0.333. The van der Waals surface area contributed by atoms with Gasteiger partial charge in [0.2, 0.25) is 0 Å². The van der Waals surface area contributed by atoms with Gasteiger partial charge in [-0.05, 0) is 48.9 Å². The lowest BCUT2D eigenvalue weighted by atomic mass is 10.2. The Hall–Kier alpha value is -1.38. The van der Waals surface area contributed by atoms with E-state index in [9.17, 15) is 0 Å². The van der Waals surface area contributed by atoms with Crippen molar-refractivity contribution in [3.63, 3.8) is 0 Å². The topological polar surface area (TPSA) is 21.3 Å². The summed E-state index contributed by atoms with van der Waals surface area (Å²) in [7, 11) is 0. The highest BCUT2D eigenvalue weighted by Gasteiger charge is 1.99. The van der Waals surface area contributed by atoms with Gasteiger partial charge in [-0.25, -0.2) is 0 Å². The van der Waals surface area contributed by atoms with Crippen LogP contribution in [0.1, 0.15) is 5.56 Å². The third-order valence-electron chi connectivity index (χ3n) is 2.70. The molecule has 2 aromatic rings. The molecule has 1 N–H and O–H groups in total. The minimum atomic E-state index is 0.577. The molecule has 0 saturated heterocycles. The molecule has 0 aromatic heterocycles. The molecule has 0 spiro atoms.